The molecule has 0 fully saturated rings. The molecule has 0 spiro atoms. The van der Waals surface area contributed by atoms with E-state index in [4.69, 9.17) is 10.0 Å². The Morgan fingerprint density at radius 3 is 2.27 bits per heavy atom. The van der Waals surface area contributed by atoms with Crippen molar-refractivity contribution in [3.63, 3.8) is 0 Å². The van der Waals surface area contributed by atoms with Gasteiger partial charge in [-0.25, -0.2) is 0 Å². The fourth-order valence-corrected chi connectivity index (χ4v) is 0.976. The third-order valence-electron chi connectivity index (χ3n) is 1.85. The molecule has 15 heavy (non-hydrogen) atoms. The van der Waals surface area contributed by atoms with Gasteiger partial charge in [0.05, 0.1) is 0 Å². The number of hydrogen-bond donors (Lipinski definition) is 3. The number of benzene rings is 1. The number of hydrogen-bond acceptors (Lipinski definition) is 3. The standard InChI is InChI=1S/C10H12BNO3/c1-7(2)10(13)12-9-5-3-8(4-6-9)11(14)15/h3-6,14-15H,1H2,2H3,(H,12,13). The van der Waals surface area contributed by atoms with Gasteiger partial charge in [0.15, 0.2) is 0 Å². The van der Waals surface area contributed by atoms with Gasteiger partial charge < -0.3 is 15.4 Å². The van der Waals surface area contributed by atoms with E-state index in [1.54, 1.807) is 19.1 Å². The van der Waals surface area contributed by atoms with Crippen molar-refractivity contribution in [2.45, 2.75) is 6.92 Å². The van der Waals surface area contributed by atoms with Gasteiger partial charge in [-0.15, -0.1) is 0 Å². The quantitative estimate of drug-likeness (QED) is 0.476. The summed E-state index contributed by atoms with van der Waals surface area (Å²) < 4.78 is 0. The molecular weight excluding hydrogens is 193 g/mol. The zero-order valence-corrected chi connectivity index (χ0v) is 8.40. The van der Waals surface area contributed by atoms with Gasteiger partial charge in [0, 0.05) is 11.3 Å². The largest absolute Gasteiger partial charge is 0.488 e. The molecule has 0 unspecified atom stereocenters. The van der Waals surface area contributed by atoms with E-state index < -0.39 is 7.12 Å². The second-order valence-corrected chi connectivity index (χ2v) is 3.23. The highest BCUT2D eigenvalue weighted by Gasteiger charge is 2.10. The van der Waals surface area contributed by atoms with Crippen LogP contribution >= 0.6 is 0 Å². The normalized spacial score (nSPS) is 9.53. The van der Waals surface area contributed by atoms with Gasteiger partial charge in [-0.1, -0.05) is 18.7 Å². The van der Waals surface area contributed by atoms with Crippen molar-refractivity contribution in [3.05, 3.63) is 36.4 Å². The Hall–Kier alpha value is -1.59. The summed E-state index contributed by atoms with van der Waals surface area (Å²) >= 11 is 0. The summed E-state index contributed by atoms with van der Waals surface area (Å²) in [5.74, 6) is -0.257. The first-order valence-corrected chi connectivity index (χ1v) is 4.43. The zero-order chi connectivity index (χ0) is 11.4. The lowest BCUT2D eigenvalue weighted by Gasteiger charge is -2.05. The van der Waals surface area contributed by atoms with E-state index in [2.05, 4.69) is 11.9 Å². The van der Waals surface area contributed by atoms with Crippen LogP contribution in [0.15, 0.2) is 36.4 Å². The van der Waals surface area contributed by atoms with Crippen LogP contribution in [-0.4, -0.2) is 23.1 Å². The maximum Gasteiger partial charge on any atom is 0.488 e. The molecule has 1 rings (SSSR count). The maximum absolute atomic E-state index is 11.2. The van der Waals surface area contributed by atoms with E-state index in [0.29, 0.717) is 16.7 Å². The van der Waals surface area contributed by atoms with Crippen LogP contribution in [0.3, 0.4) is 0 Å². The average molecular weight is 205 g/mol. The van der Waals surface area contributed by atoms with E-state index in [9.17, 15) is 4.79 Å². The summed E-state index contributed by atoms with van der Waals surface area (Å²) in [5.41, 5.74) is 1.39. The zero-order valence-electron chi connectivity index (χ0n) is 8.40. The molecule has 0 saturated heterocycles. The van der Waals surface area contributed by atoms with E-state index in [-0.39, 0.29) is 5.91 Å². The molecule has 0 atom stereocenters. The topological polar surface area (TPSA) is 69.6 Å². The Balaban J connectivity index is 2.73. The minimum absolute atomic E-state index is 0.257. The molecule has 0 aromatic heterocycles. The lowest BCUT2D eigenvalue weighted by Crippen LogP contribution is -2.29. The van der Waals surface area contributed by atoms with Crippen molar-refractivity contribution < 1.29 is 14.8 Å². The Kier molecular flexibility index (Phi) is 3.65. The highest BCUT2D eigenvalue weighted by Crippen LogP contribution is 2.05. The lowest BCUT2D eigenvalue weighted by atomic mass is 9.80. The predicted molar refractivity (Wildman–Crippen MR) is 59.7 cm³/mol. The minimum atomic E-state index is -1.49. The molecule has 78 valence electrons. The molecule has 0 aliphatic carbocycles. The first kappa shape index (κ1) is 11.5. The monoisotopic (exact) mass is 205 g/mol. The van der Waals surface area contributed by atoms with Gasteiger partial charge in [0.2, 0.25) is 0 Å². The Labute approximate surface area is 88.4 Å². The van der Waals surface area contributed by atoms with E-state index in [0.717, 1.165) is 0 Å². The number of rotatable bonds is 3. The van der Waals surface area contributed by atoms with Crippen LogP contribution in [0.4, 0.5) is 5.69 Å². The van der Waals surface area contributed by atoms with Crippen LogP contribution in [0.2, 0.25) is 0 Å². The highest BCUT2D eigenvalue weighted by atomic mass is 16.4. The van der Waals surface area contributed by atoms with Gasteiger partial charge >= 0.3 is 7.12 Å². The lowest BCUT2D eigenvalue weighted by molar-refractivity contribution is -0.112. The average Bonchev–Trinajstić information content (AvgIpc) is 2.18. The van der Waals surface area contributed by atoms with Gasteiger partial charge in [0.1, 0.15) is 0 Å². The molecule has 0 saturated carbocycles. The van der Waals surface area contributed by atoms with E-state index >= 15 is 0 Å². The van der Waals surface area contributed by atoms with Crippen molar-refractivity contribution in [3.8, 4) is 0 Å². The summed E-state index contributed by atoms with van der Waals surface area (Å²) in [6.07, 6.45) is 0. The van der Waals surface area contributed by atoms with Crippen LogP contribution in [0.25, 0.3) is 0 Å². The Morgan fingerprint density at radius 1 is 1.33 bits per heavy atom. The molecule has 1 aromatic carbocycles. The number of anilines is 1. The summed E-state index contributed by atoms with van der Waals surface area (Å²) in [6, 6.07) is 6.24. The van der Waals surface area contributed by atoms with Crippen molar-refractivity contribution in [2.75, 3.05) is 5.32 Å². The van der Waals surface area contributed by atoms with Crippen molar-refractivity contribution in [1.82, 2.24) is 0 Å². The molecule has 0 bridgehead atoms. The molecule has 0 aliphatic heterocycles. The van der Waals surface area contributed by atoms with Gasteiger partial charge in [-0.05, 0) is 24.5 Å². The predicted octanol–water partition coefficient (Wildman–Crippen LogP) is -0.119. The fourth-order valence-electron chi connectivity index (χ4n) is 0.976. The fraction of sp³-hybridized carbons (Fsp3) is 0.100. The molecule has 0 radical (unpaired) electrons. The van der Waals surface area contributed by atoms with E-state index in [1.165, 1.54) is 12.1 Å². The second kappa shape index (κ2) is 4.77. The van der Waals surface area contributed by atoms with Gasteiger partial charge in [-0.3, -0.25) is 4.79 Å². The molecule has 0 heterocycles. The number of carbonyl (C=O) groups excluding carboxylic acids is 1. The molecule has 4 nitrogen and oxygen atoms in total. The summed E-state index contributed by atoms with van der Waals surface area (Å²) in [5, 5.41) is 20.3. The number of carbonyl (C=O) groups is 1. The summed E-state index contributed by atoms with van der Waals surface area (Å²) in [7, 11) is -1.49. The summed E-state index contributed by atoms with van der Waals surface area (Å²) in [6.45, 7) is 5.12. The number of nitrogens with one attached hydrogen (secondary N) is 1. The molecule has 0 aliphatic rings. The van der Waals surface area contributed by atoms with Crippen LogP contribution in [-0.2, 0) is 4.79 Å². The molecular formula is C10H12BNO3. The first-order chi connectivity index (χ1) is 7.00. The smallest absolute Gasteiger partial charge is 0.423 e. The van der Waals surface area contributed by atoms with Crippen LogP contribution in [0.5, 0.6) is 0 Å². The Morgan fingerprint density at radius 2 is 1.87 bits per heavy atom. The highest BCUT2D eigenvalue weighted by molar-refractivity contribution is 6.58. The second-order valence-electron chi connectivity index (χ2n) is 3.23. The number of amides is 1. The Bertz CT molecular complexity index is 373. The first-order valence-electron chi connectivity index (χ1n) is 4.43. The van der Waals surface area contributed by atoms with E-state index in [1.807, 2.05) is 0 Å². The molecule has 5 heteroatoms. The molecule has 1 aromatic rings. The van der Waals surface area contributed by atoms with Gasteiger partial charge in [0.25, 0.3) is 5.91 Å². The molecule has 1 amide bonds. The van der Waals surface area contributed by atoms with Crippen LogP contribution in [0.1, 0.15) is 6.92 Å². The van der Waals surface area contributed by atoms with Crippen molar-refractivity contribution >= 4 is 24.2 Å². The summed E-state index contributed by atoms with van der Waals surface area (Å²) in [4.78, 5) is 11.2. The maximum atomic E-state index is 11.2. The van der Waals surface area contributed by atoms with Gasteiger partial charge in [-0.2, -0.15) is 0 Å². The SMILES string of the molecule is C=C(C)C(=O)Nc1ccc(B(O)O)cc1. The third-order valence-corrected chi connectivity index (χ3v) is 1.85. The third kappa shape index (κ3) is 3.23. The molecule has 3 N–H and O–H groups in total. The van der Waals surface area contributed by atoms with Crippen LogP contribution in [0, 0.1) is 0 Å². The minimum Gasteiger partial charge on any atom is -0.423 e. The van der Waals surface area contributed by atoms with Crippen LogP contribution < -0.4 is 10.8 Å². The van der Waals surface area contributed by atoms with Crippen molar-refractivity contribution in [1.29, 1.82) is 0 Å². The van der Waals surface area contributed by atoms with Crippen molar-refractivity contribution in [2.24, 2.45) is 0 Å².